The van der Waals surface area contributed by atoms with Crippen LogP contribution in [0.3, 0.4) is 0 Å². The molecule has 1 aromatic carbocycles. The lowest BCUT2D eigenvalue weighted by atomic mass is 9.91. The number of methoxy groups -OCH3 is 1. The van der Waals surface area contributed by atoms with Gasteiger partial charge in [-0.2, -0.15) is 0 Å². The lowest BCUT2D eigenvalue weighted by Gasteiger charge is -2.23. The molecule has 0 spiro atoms. The van der Waals surface area contributed by atoms with Crippen LogP contribution in [0.5, 0.6) is 0 Å². The smallest absolute Gasteiger partial charge is 0.239 e. The summed E-state index contributed by atoms with van der Waals surface area (Å²) >= 11 is 0. The summed E-state index contributed by atoms with van der Waals surface area (Å²) in [5, 5.41) is 5.49. The van der Waals surface area contributed by atoms with Crippen LogP contribution >= 0.6 is 0 Å². The number of amides is 2. The van der Waals surface area contributed by atoms with Gasteiger partial charge in [0, 0.05) is 19.3 Å². The molecule has 2 N–H and O–H groups in total. The second-order valence-corrected chi connectivity index (χ2v) is 5.70. The minimum atomic E-state index is -1.15. The molecule has 0 aromatic heterocycles. The summed E-state index contributed by atoms with van der Waals surface area (Å²) in [6, 6.07) is 5.78. The van der Waals surface area contributed by atoms with Crippen LogP contribution in [-0.2, 0) is 14.3 Å². The van der Waals surface area contributed by atoms with Gasteiger partial charge in [-0.1, -0.05) is 6.07 Å². The zero-order valence-electron chi connectivity index (χ0n) is 13.4. The highest BCUT2D eigenvalue weighted by Crippen LogP contribution is 2.20. The maximum absolute atomic E-state index is 12.3. The molecule has 0 aliphatic heterocycles. The van der Waals surface area contributed by atoms with Crippen molar-refractivity contribution in [2.75, 3.05) is 25.6 Å². The van der Waals surface area contributed by atoms with E-state index in [9.17, 15) is 9.59 Å². The summed E-state index contributed by atoms with van der Waals surface area (Å²) in [5.74, 6) is -0.649. The van der Waals surface area contributed by atoms with Crippen molar-refractivity contribution in [3.63, 3.8) is 0 Å². The first-order valence-corrected chi connectivity index (χ1v) is 6.94. The zero-order valence-corrected chi connectivity index (χ0v) is 13.4. The second kappa shape index (κ2) is 7.22. The van der Waals surface area contributed by atoms with Crippen LogP contribution in [0, 0.1) is 19.3 Å². The molecule has 0 unspecified atom stereocenters. The van der Waals surface area contributed by atoms with Gasteiger partial charge in [0.15, 0.2) is 0 Å². The number of hydrogen-bond donors (Lipinski definition) is 2. The van der Waals surface area contributed by atoms with E-state index in [1.54, 1.807) is 21.0 Å². The summed E-state index contributed by atoms with van der Waals surface area (Å²) in [4.78, 5) is 24.4. The molecule has 0 aliphatic rings. The van der Waals surface area contributed by atoms with Gasteiger partial charge in [-0.3, -0.25) is 9.59 Å². The van der Waals surface area contributed by atoms with Crippen molar-refractivity contribution in [2.45, 2.75) is 27.7 Å². The SMILES string of the molecule is COCCNC(=O)C(C)(C)C(=O)Nc1cc(C)cc(C)c1. The summed E-state index contributed by atoms with van der Waals surface area (Å²) in [5.41, 5.74) is 1.68. The van der Waals surface area contributed by atoms with E-state index in [1.165, 1.54) is 0 Å². The van der Waals surface area contributed by atoms with Gasteiger partial charge in [0.05, 0.1) is 6.61 Å². The molecule has 5 nitrogen and oxygen atoms in total. The molecule has 0 radical (unpaired) electrons. The number of carbonyl (C=O) groups excluding carboxylic acids is 2. The second-order valence-electron chi connectivity index (χ2n) is 5.70. The Morgan fingerprint density at radius 2 is 1.67 bits per heavy atom. The van der Waals surface area contributed by atoms with Crippen molar-refractivity contribution >= 4 is 17.5 Å². The highest BCUT2D eigenvalue weighted by molar-refractivity contribution is 6.09. The Labute approximate surface area is 126 Å². The molecule has 21 heavy (non-hydrogen) atoms. The maximum atomic E-state index is 12.3. The number of hydrogen-bond acceptors (Lipinski definition) is 3. The van der Waals surface area contributed by atoms with Crippen molar-refractivity contribution in [3.05, 3.63) is 29.3 Å². The number of ether oxygens (including phenoxy) is 1. The molecule has 116 valence electrons. The summed E-state index contributed by atoms with van der Waals surface area (Å²) in [6.07, 6.45) is 0. The van der Waals surface area contributed by atoms with Crippen molar-refractivity contribution in [3.8, 4) is 0 Å². The van der Waals surface area contributed by atoms with E-state index >= 15 is 0 Å². The topological polar surface area (TPSA) is 67.4 Å². The highest BCUT2D eigenvalue weighted by Gasteiger charge is 2.35. The third kappa shape index (κ3) is 4.86. The lowest BCUT2D eigenvalue weighted by molar-refractivity contribution is -0.138. The van der Waals surface area contributed by atoms with Gasteiger partial charge in [0.2, 0.25) is 11.8 Å². The number of aryl methyl sites for hydroxylation is 2. The molecule has 1 rings (SSSR count). The van der Waals surface area contributed by atoms with Gasteiger partial charge in [0.25, 0.3) is 0 Å². The number of anilines is 1. The normalized spacial score (nSPS) is 11.1. The number of carbonyl (C=O) groups is 2. The molecular weight excluding hydrogens is 268 g/mol. The Kier molecular flexibility index (Phi) is 5.90. The van der Waals surface area contributed by atoms with Crippen molar-refractivity contribution in [1.29, 1.82) is 0 Å². The van der Waals surface area contributed by atoms with E-state index in [1.807, 2.05) is 32.0 Å². The molecule has 0 atom stereocenters. The average molecular weight is 292 g/mol. The van der Waals surface area contributed by atoms with E-state index in [-0.39, 0.29) is 11.8 Å². The molecule has 2 amide bonds. The summed E-state index contributed by atoms with van der Waals surface area (Å²) in [6.45, 7) is 7.94. The molecule has 0 fully saturated rings. The number of nitrogens with one attached hydrogen (secondary N) is 2. The van der Waals surface area contributed by atoms with Crippen molar-refractivity contribution in [2.24, 2.45) is 5.41 Å². The fourth-order valence-electron chi connectivity index (χ4n) is 1.92. The van der Waals surface area contributed by atoms with E-state index in [2.05, 4.69) is 10.6 Å². The Bertz CT molecular complexity index is 504. The van der Waals surface area contributed by atoms with Gasteiger partial charge >= 0.3 is 0 Å². The predicted molar refractivity (Wildman–Crippen MR) is 83.2 cm³/mol. The van der Waals surface area contributed by atoms with Crippen LogP contribution in [0.2, 0.25) is 0 Å². The van der Waals surface area contributed by atoms with E-state index < -0.39 is 5.41 Å². The van der Waals surface area contributed by atoms with E-state index in [0.717, 1.165) is 11.1 Å². The average Bonchev–Trinajstić information content (AvgIpc) is 2.37. The molecular formula is C16H24N2O3. The number of rotatable bonds is 6. The van der Waals surface area contributed by atoms with E-state index in [0.29, 0.717) is 18.8 Å². The number of benzene rings is 1. The monoisotopic (exact) mass is 292 g/mol. The first-order valence-electron chi connectivity index (χ1n) is 6.94. The van der Waals surface area contributed by atoms with Crippen LogP contribution in [0.1, 0.15) is 25.0 Å². The van der Waals surface area contributed by atoms with Crippen LogP contribution < -0.4 is 10.6 Å². The van der Waals surface area contributed by atoms with Gasteiger partial charge in [-0.15, -0.1) is 0 Å². The Hall–Kier alpha value is -1.88. The fraction of sp³-hybridized carbons (Fsp3) is 0.500. The lowest BCUT2D eigenvalue weighted by Crippen LogP contribution is -2.45. The minimum Gasteiger partial charge on any atom is -0.383 e. The van der Waals surface area contributed by atoms with Crippen molar-refractivity contribution in [1.82, 2.24) is 5.32 Å². The van der Waals surface area contributed by atoms with Crippen LogP contribution in [0.4, 0.5) is 5.69 Å². The first-order chi connectivity index (χ1) is 9.77. The molecule has 1 aromatic rings. The molecule has 0 heterocycles. The van der Waals surface area contributed by atoms with Crippen LogP contribution in [0.15, 0.2) is 18.2 Å². The summed E-state index contributed by atoms with van der Waals surface area (Å²) in [7, 11) is 1.56. The third-order valence-electron chi connectivity index (χ3n) is 3.21. The molecule has 5 heteroatoms. The van der Waals surface area contributed by atoms with Gasteiger partial charge in [-0.05, 0) is 51.0 Å². The quantitative estimate of drug-likeness (QED) is 0.623. The standard InChI is InChI=1S/C16H24N2O3/c1-11-8-12(2)10-13(9-11)18-15(20)16(3,4)14(19)17-6-7-21-5/h8-10H,6-7H2,1-5H3,(H,17,19)(H,18,20). The largest absolute Gasteiger partial charge is 0.383 e. The van der Waals surface area contributed by atoms with Crippen LogP contribution in [-0.4, -0.2) is 32.1 Å². The third-order valence-corrected chi connectivity index (χ3v) is 3.21. The Balaban J connectivity index is 2.74. The maximum Gasteiger partial charge on any atom is 0.239 e. The highest BCUT2D eigenvalue weighted by atomic mass is 16.5. The molecule has 0 saturated carbocycles. The van der Waals surface area contributed by atoms with Crippen LogP contribution in [0.25, 0.3) is 0 Å². The van der Waals surface area contributed by atoms with Gasteiger partial charge in [-0.25, -0.2) is 0 Å². The zero-order chi connectivity index (χ0) is 16.0. The van der Waals surface area contributed by atoms with Gasteiger partial charge < -0.3 is 15.4 Å². The van der Waals surface area contributed by atoms with E-state index in [4.69, 9.17) is 4.74 Å². The predicted octanol–water partition coefficient (Wildman–Crippen LogP) is 2.03. The fourth-order valence-corrected chi connectivity index (χ4v) is 1.92. The first kappa shape index (κ1) is 17.2. The Morgan fingerprint density at radius 3 is 2.19 bits per heavy atom. The molecule has 0 saturated heterocycles. The van der Waals surface area contributed by atoms with Gasteiger partial charge in [0.1, 0.15) is 5.41 Å². The minimum absolute atomic E-state index is 0.318. The summed E-state index contributed by atoms with van der Waals surface area (Å²) < 4.78 is 4.87. The molecule has 0 aliphatic carbocycles. The Morgan fingerprint density at radius 1 is 1.10 bits per heavy atom. The van der Waals surface area contributed by atoms with Crippen molar-refractivity contribution < 1.29 is 14.3 Å². The molecule has 0 bridgehead atoms.